The van der Waals surface area contributed by atoms with Crippen LogP contribution >= 0.6 is 0 Å². The number of carboxylic acid groups (broad SMARTS) is 1. The van der Waals surface area contributed by atoms with Gasteiger partial charge in [-0.05, 0) is 43.9 Å². The van der Waals surface area contributed by atoms with Gasteiger partial charge in [0.2, 0.25) is 5.95 Å². The van der Waals surface area contributed by atoms with Gasteiger partial charge in [-0.25, -0.2) is 19.6 Å². The molecule has 0 bridgehead atoms. The Labute approximate surface area is 215 Å². The van der Waals surface area contributed by atoms with E-state index >= 15 is 0 Å². The number of hydrogen-bond donors (Lipinski definition) is 2. The number of rotatable bonds is 5. The molecule has 1 saturated carbocycles. The smallest absolute Gasteiger partial charge is 0.352 e. The first-order valence-electron chi connectivity index (χ1n) is 13.2. The fourth-order valence-corrected chi connectivity index (χ4v) is 5.79. The number of nitrogens with zero attached hydrogens (tertiary/aromatic N) is 7. The second kappa shape index (κ2) is 9.87. The summed E-state index contributed by atoms with van der Waals surface area (Å²) in [5.41, 5.74) is 1.91. The summed E-state index contributed by atoms with van der Waals surface area (Å²) in [6.45, 7) is 4.72. The summed E-state index contributed by atoms with van der Waals surface area (Å²) in [5, 5.41) is 13.6. The number of aromatic nitrogens is 4. The first-order chi connectivity index (χ1) is 18.1. The van der Waals surface area contributed by atoms with Crippen LogP contribution in [0.3, 0.4) is 0 Å². The van der Waals surface area contributed by atoms with Gasteiger partial charge in [0.25, 0.3) is 0 Å². The van der Waals surface area contributed by atoms with Crippen molar-refractivity contribution in [2.24, 2.45) is 0 Å². The molecule has 1 aliphatic carbocycles. The van der Waals surface area contributed by atoms with Crippen molar-refractivity contribution in [1.82, 2.24) is 29.3 Å². The van der Waals surface area contributed by atoms with Crippen LogP contribution < -0.4 is 10.2 Å². The van der Waals surface area contributed by atoms with Crippen molar-refractivity contribution in [3.63, 3.8) is 0 Å². The van der Waals surface area contributed by atoms with Crippen molar-refractivity contribution in [2.45, 2.75) is 44.6 Å². The van der Waals surface area contributed by atoms with E-state index in [0.717, 1.165) is 75.8 Å². The second-order valence-electron chi connectivity index (χ2n) is 10.1. The quantitative estimate of drug-likeness (QED) is 0.540. The van der Waals surface area contributed by atoms with Gasteiger partial charge in [-0.2, -0.15) is 4.98 Å². The summed E-state index contributed by atoms with van der Waals surface area (Å²) in [4.78, 5) is 44.3. The lowest BCUT2D eigenvalue weighted by Gasteiger charge is -2.37. The lowest BCUT2D eigenvalue weighted by molar-refractivity contribution is 0.0683. The third-order valence-electron chi connectivity index (χ3n) is 7.76. The summed E-state index contributed by atoms with van der Waals surface area (Å²) < 4.78 is 1.86. The predicted molar refractivity (Wildman–Crippen MR) is 140 cm³/mol. The van der Waals surface area contributed by atoms with Crippen LogP contribution in [0.2, 0.25) is 0 Å². The number of pyridine rings is 1. The molecule has 2 amide bonds. The van der Waals surface area contributed by atoms with Gasteiger partial charge >= 0.3 is 12.0 Å². The maximum atomic E-state index is 12.6. The Morgan fingerprint density at radius 2 is 1.62 bits per heavy atom. The summed E-state index contributed by atoms with van der Waals surface area (Å²) in [6.07, 6.45) is 9.81. The van der Waals surface area contributed by atoms with Gasteiger partial charge in [0.05, 0.1) is 11.9 Å². The number of amides is 2. The zero-order valence-corrected chi connectivity index (χ0v) is 20.8. The van der Waals surface area contributed by atoms with Crippen molar-refractivity contribution < 1.29 is 14.7 Å². The Morgan fingerprint density at radius 1 is 0.892 bits per heavy atom. The Balaban J connectivity index is 1.13. The highest BCUT2D eigenvalue weighted by molar-refractivity contribution is 5.93. The predicted octanol–water partition coefficient (Wildman–Crippen LogP) is 3.72. The molecule has 0 spiro atoms. The van der Waals surface area contributed by atoms with Crippen LogP contribution in [0.4, 0.5) is 22.2 Å². The molecule has 194 valence electrons. The van der Waals surface area contributed by atoms with Crippen LogP contribution in [0.15, 0.2) is 30.6 Å². The van der Waals surface area contributed by atoms with Crippen LogP contribution in [-0.4, -0.2) is 85.7 Å². The molecule has 3 aromatic heterocycles. The van der Waals surface area contributed by atoms with Crippen LogP contribution in [0.1, 0.15) is 55.1 Å². The van der Waals surface area contributed by atoms with Crippen LogP contribution in [0.5, 0.6) is 0 Å². The van der Waals surface area contributed by atoms with Gasteiger partial charge in [0.1, 0.15) is 17.2 Å². The molecule has 37 heavy (non-hydrogen) atoms. The Bertz CT molecular complexity index is 1290. The Morgan fingerprint density at radius 3 is 2.30 bits per heavy atom. The van der Waals surface area contributed by atoms with E-state index in [0.29, 0.717) is 30.5 Å². The number of piperazine rings is 1. The molecule has 11 nitrogen and oxygen atoms in total. The summed E-state index contributed by atoms with van der Waals surface area (Å²) in [5.74, 6) is 0.0531. The topological polar surface area (TPSA) is 120 Å². The molecule has 0 unspecified atom stereocenters. The maximum Gasteiger partial charge on any atom is 0.352 e. The molecule has 3 aromatic rings. The van der Waals surface area contributed by atoms with E-state index in [1.807, 2.05) is 32.7 Å². The standard InChI is InChI=1S/C26H32N8O3/c35-24(36)21-15-18-16-28-25(30-23(18)34(21)19-5-1-2-6-19)29-22-8-7-20(17-27-22)31-11-13-33(14-12-31)26(37)32-9-3-4-10-32/h7-8,15-17,19H,1-6,9-14H2,(H,35,36)(H,27,28,29,30). The normalized spacial score (nSPS) is 18.6. The highest BCUT2D eigenvalue weighted by atomic mass is 16.4. The van der Waals surface area contributed by atoms with Crippen LogP contribution in [0, 0.1) is 0 Å². The number of aromatic carboxylic acids is 1. The van der Waals surface area contributed by atoms with Crippen molar-refractivity contribution in [2.75, 3.05) is 49.5 Å². The van der Waals surface area contributed by atoms with Crippen molar-refractivity contribution in [3.8, 4) is 0 Å². The second-order valence-corrected chi connectivity index (χ2v) is 10.1. The molecule has 2 aliphatic heterocycles. The number of nitrogens with one attached hydrogen (secondary N) is 1. The SMILES string of the molecule is O=C(O)c1cc2cnc(Nc3ccc(N4CCN(C(=O)N5CCCC5)CC4)cn3)nc2n1C1CCCC1. The van der Waals surface area contributed by atoms with Gasteiger partial charge in [0.15, 0.2) is 0 Å². The third-order valence-corrected chi connectivity index (χ3v) is 7.76. The van der Waals surface area contributed by atoms with E-state index in [1.165, 1.54) is 0 Å². The first-order valence-corrected chi connectivity index (χ1v) is 13.2. The van der Waals surface area contributed by atoms with Crippen molar-refractivity contribution in [3.05, 3.63) is 36.3 Å². The number of anilines is 3. The molecule has 6 rings (SSSR count). The highest BCUT2D eigenvalue weighted by Gasteiger charge is 2.28. The Hall–Kier alpha value is -3.89. The lowest BCUT2D eigenvalue weighted by atomic mass is 10.2. The molecule has 11 heteroatoms. The van der Waals surface area contributed by atoms with E-state index in [9.17, 15) is 14.7 Å². The zero-order valence-electron chi connectivity index (χ0n) is 20.8. The molecule has 2 N–H and O–H groups in total. The van der Waals surface area contributed by atoms with E-state index in [-0.39, 0.29) is 17.8 Å². The number of fused-ring (bicyclic) bond motifs is 1. The van der Waals surface area contributed by atoms with Gasteiger partial charge in [0, 0.05) is 56.9 Å². The van der Waals surface area contributed by atoms with Crippen molar-refractivity contribution >= 4 is 40.5 Å². The first kappa shape index (κ1) is 23.5. The molecule has 3 aliphatic rings. The fraction of sp³-hybridized carbons (Fsp3) is 0.500. The number of carbonyl (C=O) groups excluding carboxylic acids is 1. The minimum atomic E-state index is -0.946. The van der Waals surface area contributed by atoms with Gasteiger partial charge in [-0.1, -0.05) is 12.8 Å². The minimum Gasteiger partial charge on any atom is -0.477 e. The van der Waals surface area contributed by atoms with Gasteiger partial charge in [-0.3, -0.25) is 0 Å². The molecule has 0 aromatic carbocycles. The van der Waals surface area contributed by atoms with Crippen LogP contribution in [-0.2, 0) is 0 Å². The highest BCUT2D eigenvalue weighted by Crippen LogP contribution is 2.34. The third kappa shape index (κ3) is 4.65. The largest absolute Gasteiger partial charge is 0.477 e. The summed E-state index contributed by atoms with van der Waals surface area (Å²) in [6, 6.07) is 5.88. The molecule has 0 radical (unpaired) electrons. The number of carbonyl (C=O) groups is 2. The minimum absolute atomic E-state index is 0.148. The van der Waals surface area contributed by atoms with Crippen molar-refractivity contribution in [1.29, 1.82) is 0 Å². The number of urea groups is 1. The van der Waals surface area contributed by atoms with Crippen LogP contribution in [0.25, 0.3) is 11.0 Å². The van der Waals surface area contributed by atoms with E-state index in [4.69, 9.17) is 0 Å². The van der Waals surface area contributed by atoms with Gasteiger partial charge < -0.3 is 29.7 Å². The maximum absolute atomic E-state index is 12.6. The molecule has 0 atom stereocenters. The molecular weight excluding hydrogens is 472 g/mol. The molecule has 2 saturated heterocycles. The summed E-state index contributed by atoms with van der Waals surface area (Å²) in [7, 11) is 0. The number of likely N-dealkylation sites (tertiary alicyclic amines) is 1. The van der Waals surface area contributed by atoms with Gasteiger partial charge in [-0.15, -0.1) is 0 Å². The molecule has 3 fully saturated rings. The molecule has 5 heterocycles. The average molecular weight is 505 g/mol. The monoisotopic (exact) mass is 504 g/mol. The molecular formula is C26H32N8O3. The Kier molecular flexibility index (Phi) is 6.27. The number of hydrogen-bond acceptors (Lipinski definition) is 7. The lowest BCUT2D eigenvalue weighted by Crippen LogP contribution is -2.52. The summed E-state index contributed by atoms with van der Waals surface area (Å²) >= 11 is 0. The fourth-order valence-electron chi connectivity index (χ4n) is 5.79. The average Bonchev–Trinajstić information content (AvgIpc) is 3.70. The van der Waals surface area contributed by atoms with E-state index in [2.05, 4.69) is 25.2 Å². The number of carboxylic acids is 1. The van der Waals surface area contributed by atoms with E-state index < -0.39 is 5.97 Å². The zero-order chi connectivity index (χ0) is 25.4. The van der Waals surface area contributed by atoms with E-state index in [1.54, 1.807) is 12.3 Å².